The number of halogens is 1. The van der Waals surface area contributed by atoms with Gasteiger partial charge in [0, 0.05) is 0 Å². The molecular weight excluding hydrogens is 127 g/mol. The van der Waals surface area contributed by atoms with Gasteiger partial charge in [-0.1, -0.05) is 18.2 Å². The quantitative estimate of drug-likeness (QED) is 0.516. The summed E-state index contributed by atoms with van der Waals surface area (Å²) in [6, 6.07) is 0. The Labute approximate surface area is 61.8 Å². The zero-order valence-electron chi connectivity index (χ0n) is 6.74. The topological polar surface area (TPSA) is 0 Å². The first-order valence-corrected chi connectivity index (χ1v) is 3.24. The van der Waals surface area contributed by atoms with Crippen molar-refractivity contribution in [1.82, 2.24) is 0 Å². The summed E-state index contributed by atoms with van der Waals surface area (Å²) in [5, 5.41) is 0. The Morgan fingerprint density at radius 1 is 1.40 bits per heavy atom. The molecule has 0 heterocycles. The third-order valence-corrected chi connectivity index (χ3v) is 1.18. The number of allylic oxidation sites excluding steroid dienone is 5. The van der Waals surface area contributed by atoms with Gasteiger partial charge in [-0.05, 0) is 32.4 Å². The predicted octanol–water partition coefficient (Wildman–Crippen LogP) is 3.38. The summed E-state index contributed by atoms with van der Waals surface area (Å²) in [5.74, 6) is -0.199. The van der Waals surface area contributed by atoms with Crippen molar-refractivity contribution in [3.8, 4) is 0 Å². The number of hydrogen-bond acceptors (Lipinski definition) is 0. The van der Waals surface area contributed by atoms with Crippen LogP contribution < -0.4 is 0 Å². The summed E-state index contributed by atoms with van der Waals surface area (Å²) in [6.45, 7) is 8.87. The Balaban J connectivity index is 4.35. The fourth-order valence-corrected chi connectivity index (χ4v) is 0.468. The van der Waals surface area contributed by atoms with Crippen LogP contribution in [0, 0.1) is 0 Å². The van der Waals surface area contributed by atoms with Crippen LogP contribution in [0.25, 0.3) is 0 Å². The van der Waals surface area contributed by atoms with Crippen LogP contribution in [0.5, 0.6) is 0 Å². The van der Waals surface area contributed by atoms with Crippen LogP contribution in [0.2, 0.25) is 0 Å². The molecule has 0 aliphatic carbocycles. The second-order valence-corrected chi connectivity index (χ2v) is 2.31. The van der Waals surface area contributed by atoms with Gasteiger partial charge < -0.3 is 0 Å². The monoisotopic (exact) mass is 140 g/mol. The molecule has 0 aromatic heterocycles. The van der Waals surface area contributed by atoms with Crippen molar-refractivity contribution in [2.75, 3.05) is 0 Å². The van der Waals surface area contributed by atoms with Gasteiger partial charge in [-0.15, -0.1) is 0 Å². The lowest BCUT2D eigenvalue weighted by Gasteiger charge is -1.94. The lowest BCUT2D eigenvalue weighted by molar-refractivity contribution is 0.650. The average molecular weight is 140 g/mol. The molecule has 0 saturated heterocycles. The van der Waals surface area contributed by atoms with Crippen molar-refractivity contribution in [3.63, 3.8) is 0 Å². The second kappa shape index (κ2) is 4.04. The van der Waals surface area contributed by atoms with Crippen LogP contribution in [-0.2, 0) is 0 Å². The molecule has 0 fully saturated rings. The van der Waals surface area contributed by atoms with Gasteiger partial charge in [0.1, 0.15) is 5.83 Å². The molecule has 0 amide bonds. The van der Waals surface area contributed by atoms with E-state index in [-0.39, 0.29) is 5.83 Å². The summed E-state index contributed by atoms with van der Waals surface area (Å²) in [7, 11) is 0. The first-order valence-electron chi connectivity index (χ1n) is 3.24. The van der Waals surface area contributed by atoms with E-state index in [2.05, 4.69) is 6.58 Å². The molecule has 0 atom stereocenters. The van der Waals surface area contributed by atoms with E-state index >= 15 is 0 Å². The molecule has 1 heteroatoms. The minimum atomic E-state index is -0.199. The smallest absolute Gasteiger partial charge is 0.126 e. The highest BCUT2D eigenvalue weighted by atomic mass is 19.1. The van der Waals surface area contributed by atoms with Crippen LogP contribution in [0.4, 0.5) is 4.39 Å². The van der Waals surface area contributed by atoms with Gasteiger partial charge in [0.2, 0.25) is 0 Å². The summed E-state index contributed by atoms with van der Waals surface area (Å²) in [5.41, 5.74) is 1.39. The highest BCUT2D eigenvalue weighted by Crippen LogP contribution is 2.11. The highest BCUT2D eigenvalue weighted by Gasteiger charge is 1.94. The van der Waals surface area contributed by atoms with Gasteiger partial charge in [-0.3, -0.25) is 0 Å². The van der Waals surface area contributed by atoms with Crippen molar-refractivity contribution in [1.29, 1.82) is 0 Å². The predicted molar refractivity (Wildman–Crippen MR) is 43.4 cm³/mol. The molecule has 0 aliphatic heterocycles. The van der Waals surface area contributed by atoms with E-state index in [0.717, 1.165) is 5.57 Å². The standard InChI is InChI=1S/C9H13F/c1-5-8(4)9(10)6-7(2)3/h5-6H,2H2,1,3-4H3/b8-5-,9-6+. The SMILES string of the molecule is C=C(C)/C=C(F)\C(C)=C/C. The first kappa shape index (κ1) is 9.15. The summed E-state index contributed by atoms with van der Waals surface area (Å²) in [6.07, 6.45) is 3.16. The molecule has 0 aliphatic rings. The Bertz CT molecular complexity index is 185. The van der Waals surface area contributed by atoms with Gasteiger partial charge in [0.15, 0.2) is 0 Å². The molecule has 0 aromatic rings. The van der Waals surface area contributed by atoms with Gasteiger partial charge in [0.05, 0.1) is 0 Å². The lowest BCUT2D eigenvalue weighted by Crippen LogP contribution is -1.76. The van der Waals surface area contributed by atoms with E-state index in [4.69, 9.17) is 0 Å². The average Bonchev–Trinajstić information content (AvgIpc) is 1.85. The highest BCUT2D eigenvalue weighted by molar-refractivity contribution is 5.28. The van der Waals surface area contributed by atoms with Gasteiger partial charge in [0.25, 0.3) is 0 Å². The van der Waals surface area contributed by atoms with Crippen LogP contribution in [-0.4, -0.2) is 0 Å². The Kier molecular flexibility index (Phi) is 3.70. The zero-order chi connectivity index (χ0) is 8.15. The maximum atomic E-state index is 12.8. The lowest BCUT2D eigenvalue weighted by atomic mass is 10.2. The van der Waals surface area contributed by atoms with Crippen molar-refractivity contribution >= 4 is 0 Å². The molecule has 56 valence electrons. The zero-order valence-corrected chi connectivity index (χ0v) is 6.74. The van der Waals surface area contributed by atoms with Gasteiger partial charge in [-0.25, -0.2) is 4.39 Å². The molecular formula is C9H13F. The summed E-state index contributed by atoms with van der Waals surface area (Å²) < 4.78 is 12.8. The third-order valence-electron chi connectivity index (χ3n) is 1.18. The Hall–Kier alpha value is -0.850. The number of hydrogen-bond donors (Lipinski definition) is 0. The van der Waals surface area contributed by atoms with Crippen LogP contribution in [0.3, 0.4) is 0 Å². The van der Waals surface area contributed by atoms with E-state index in [1.807, 2.05) is 0 Å². The second-order valence-electron chi connectivity index (χ2n) is 2.31. The molecule has 10 heavy (non-hydrogen) atoms. The fourth-order valence-electron chi connectivity index (χ4n) is 0.468. The number of rotatable bonds is 2. The Morgan fingerprint density at radius 2 is 1.90 bits per heavy atom. The van der Waals surface area contributed by atoms with Gasteiger partial charge >= 0.3 is 0 Å². The van der Waals surface area contributed by atoms with Crippen molar-refractivity contribution < 1.29 is 4.39 Å². The van der Waals surface area contributed by atoms with Crippen molar-refractivity contribution in [2.45, 2.75) is 20.8 Å². The molecule has 0 aromatic carbocycles. The van der Waals surface area contributed by atoms with E-state index < -0.39 is 0 Å². The van der Waals surface area contributed by atoms with Crippen LogP contribution in [0.15, 0.2) is 35.7 Å². The molecule has 0 radical (unpaired) electrons. The molecule has 0 unspecified atom stereocenters. The summed E-state index contributed by atoms with van der Waals surface area (Å²) in [4.78, 5) is 0. The van der Waals surface area contributed by atoms with Crippen LogP contribution in [0.1, 0.15) is 20.8 Å². The van der Waals surface area contributed by atoms with E-state index in [9.17, 15) is 4.39 Å². The van der Waals surface area contributed by atoms with E-state index in [1.165, 1.54) is 6.08 Å². The van der Waals surface area contributed by atoms with Crippen molar-refractivity contribution in [3.05, 3.63) is 35.7 Å². The maximum Gasteiger partial charge on any atom is 0.126 e. The minimum Gasteiger partial charge on any atom is -0.207 e. The van der Waals surface area contributed by atoms with Gasteiger partial charge in [-0.2, -0.15) is 0 Å². The molecule has 0 N–H and O–H groups in total. The first-order chi connectivity index (χ1) is 4.57. The van der Waals surface area contributed by atoms with E-state index in [0.29, 0.717) is 5.57 Å². The fraction of sp³-hybridized carbons (Fsp3) is 0.333. The van der Waals surface area contributed by atoms with Crippen LogP contribution >= 0.6 is 0 Å². The Morgan fingerprint density at radius 3 is 2.20 bits per heavy atom. The molecule has 0 nitrogen and oxygen atoms in total. The molecule has 0 bridgehead atoms. The minimum absolute atomic E-state index is 0.199. The molecule has 0 spiro atoms. The maximum absolute atomic E-state index is 12.8. The normalized spacial score (nSPS) is 13.6. The largest absolute Gasteiger partial charge is 0.207 e. The molecule has 0 rings (SSSR count). The van der Waals surface area contributed by atoms with E-state index in [1.54, 1.807) is 26.8 Å². The summed E-state index contributed by atoms with van der Waals surface area (Å²) >= 11 is 0. The molecule has 0 saturated carbocycles. The van der Waals surface area contributed by atoms with Crippen molar-refractivity contribution in [2.24, 2.45) is 0 Å². The third kappa shape index (κ3) is 3.23.